The van der Waals surface area contributed by atoms with Crippen molar-refractivity contribution in [1.29, 1.82) is 0 Å². The minimum atomic E-state index is 0.0363. The number of rotatable bonds is 3. The molecule has 0 aliphatic heterocycles. The van der Waals surface area contributed by atoms with Crippen LogP contribution in [0.1, 0.15) is 20.8 Å². The molecule has 0 saturated carbocycles. The molecular weight excluding hydrogens is 242 g/mol. The van der Waals surface area contributed by atoms with E-state index >= 15 is 0 Å². The number of aryl methyl sites for hydroxylation is 1. The molecule has 2 rings (SSSR count). The van der Waals surface area contributed by atoms with Gasteiger partial charge in [-0.05, 0) is 24.6 Å². The highest BCUT2D eigenvalue weighted by atomic mass is 35.5. The fraction of sp³-hybridized carbons (Fsp3) is 0.167. The number of halogens is 1. The molecule has 0 N–H and O–H groups in total. The topological polar surface area (TPSA) is 30.0 Å². The molecule has 0 radical (unpaired) electrons. The molecule has 0 fully saturated rings. The first kappa shape index (κ1) is 11.3. The van der Waals surface area contributed by atoms with E-state index in [2.05, 4.69) is 4.98 Å². The maximum Gasteiger partial charge on any atom is 0.169 e. The third-order valence-corrected chi connectivity index (χ3v) is 3.34. The normalized spacial score (nSPS) is 10.4. The van der Waals surface area contributed by atoms with Crippen LogP contribution in [0.3, 0.4) is 0 Å². The van der Waals surface area contributed by atoms with Gasteiger partial charge in [0, 0.05) is 23.1 Å². The van der Waals surface area contributed by atoms with Crippen molar-refractivity contribution in [2.75, 3.05) is 0 Å². The summed E-state index contributed by atoms with van der Waals surface area (Å²) in [6, 6.07) is 5.48. The van der Waals surface area contributed by atoms with Crippen molar-refractivity contribution in [3.05, 3.63) is 50.9 Å². The number of nitrogens with zero attached hydrogens (tertiary/aromatic N) is 1. The van der Waals surface area contributed by atoms with Crippen molar-refractivity contribution in [2.24, 2.45) is 0 Å². The zero-order chi connectivity index (χ0) is 11.5. The van der Waals surface area contributed by atoms with Crippen LogP contribution in [0.5, 0.6) is 0 Å². The van der Waals surface area contributed by atoms with Crippen molar-refractivity contribution >= 4 is 28.7 Å². The second kappa shape index (κ2) is 4.76. The molecule has 0 amide bonds. The average molecular weight is 252 g/mol. The van der Waals surface area contributed by atoms with E-state index in [1.807, 2.05) is 19.1 Å². The second-order valence-electron chi connectivity index (χ2n) is 3.55. The van der Waals surface area contributed by atoms with Gasteiger partial charge in [-0.2, -0.15) is 0 Å². The van der Waals surface area contributed by atoms with Gasteiger partial charge in [0.15, 0.2) is 5.78 Å². The summed E-state index contributed by atoms with van der Waals surface area (Å²) in [6.07, 6.45) is 2.08. The van der Waals surface area contributed by atoms with Crippen LogP contribution in [-0.2, 0) is 6.42 Å². The first-order chi connectivity index (χ1) is 7.66. The first-order valence-electron chi connectivity index (χ1n) is 4.83. The van der Waals surface area contributed by atoms with E-state index in [4.69, 9.17) is 11.6 Å². The van der Waals surface area contributed by atoms with Crippen molar-refractivity contribution in [1.82, 2.24) is 4.98 Å². The number of ketones is 1. The highest BCUT2D eigenvalue weighted by Gasteiger charge is 2.11. The minimum absolute atomic E-state index is 0.0363. The number of hydrogen-bond acceptors (Lipinski definition) is 3. The van der Waals surface area contributed by atoms with Crippen molar-refractivity contribution in [3.63, 3.8) is 0 Å². The number of Topliss-reactive ketones (excluding diaryl/α,β-unsaturated/α-hetero) is 1. The van der Waals surface area contributed by atoms with E-state index < -0.39 is 0 Å². The van der Waals surface area contributed by atoms with Crippen molar-refractivity contribution in [2.45, 2.75) is 13.3 Å². The molecule has 1 heterocycles. The van der Waals surface area contributed by atoms with Gasteiger partial charge in [-0.25, -0.2) is 0 Å². The fourth-order valence-corrected chi connectivity index (χ4v) is 2.36. The summed E-state index contributed by atoms with van der Waals surface area (Å²) in [6.45, 7) is 1.95. The Bertz CT molecular complexity index is 508. The van der Waals surface area contributed by atoms with E-state index in [-0.39, 0.29) is 5.78 Å². The van der Waals surface area contributed by atoms with Gasteiger partial charge >= 0.3 is 0 Å². The highest BCUT2D eigenvalue weighted by Crippen LogP contribution is 2.20. The molecule has 2 aromatic rings. The van der Waals surface area contributed by atoms with Crippen molar-refractivity contribution in [3.8, 4) is 0 Å². The van der Waals surface area contributed by atoms with Crippen LogP contribution in [0.4, 0.5) is 0 Å². The minimum Gasteiger partial charge on any atom is -0.294 e. The van der Waals surface area contributed by atoms with Crippen LogP contribution in [0, 0.1) is 6.92 Å². The van der Waals surface area contributed by atoms with Crippen LogP contribution in [0.2, 0.25) is 5.02 Å². The number of hydrogen-bond donors (Lipinski definition) is 0. The first-order valence-corrected chi connectivity index (χ1v) is 6.09. The lowest BCUT2D eigenvalue weighted by Crippen LogP contribution is -2.03. The molecule has 2 nitrogen and oxygen atoms in total. The summed E-state index contributed by atoms with van der Waals surface area (Å²) in [5.41, 5.74) is 3.36. The highest BCUT2D eigenvalue weighted by molar-refractivity contribution is 7.09. The summed E-state index contributed by atoms with van der Waals surface area (Å²) < 4.78 is 0. The van der Waals surface area contributed by atoms with Crippen LogP contribution in [0.15, 0.2) is 29.9 Å². The lowest BCUT2D eigenvalue weighted by molar-refractivity contribution is 0.0994. The summed E-state index contributed by atoms with van der Waals surface area (Å²) in [5, 5.41) is 0.523. The molecule has 0 saturated heterocycles. The molecule has 0 bridgehead atoms. The maximum absolute atomic E-state index is 11.9. The van der Waals surface area contributed by atoms with Crippen LogP contribution in [0.25, 0.3) is 0 Å². The molecule has 0 aliphatic rings. The third-order valence-electron chi connectivity index (χ3n) is 2.24. The van der Waals surface area contributed by atoms with Gasteiger partial charge < -0.3 is 0 Å². The van der Waals surface area contributed by atoms with E-state index in [1.165, 1.54) is 11.3 Å². The summed E-state index contributed by atoms with van der Waals surface area (Å²) in [5.74, 6) is 0.0363. The van der Waals surface area contributed by atoms with Crippen LogP contribution in [-0.4, -0.2) is 10.8 Å². The Hall–Kier alpha value is -1.19. The van der Waals surface area contributed by atoms with E-state index in [9.17, 15) is 4.79 Å². The fourth-order valence-electron chi connectivity index (χ4n) is 1.43. The van der Waals surface area contributed by atoms with Crippen LogP contribution < -0.4 is 0 Å². The number of benzene rings is 1. The third kappa shape index (κ3) is 2.49. The molecule has 0 unspecified atom stereocenters. The Morgan fingerprint density at radius 3 is 2.94 bits per heavy atom. The van der Waals surface area contributed by atoms with E-state index in [1.54, 1.807) is 17.8 Å². The summed E-state index contributed by atoms with van der Waals surface area (Å²) in [4.78, 5) is 16.8. The summed E-state index contributed by atoms with van der Waals surface area (Å²) >= 11 is 7.51. The number of aromatic nitrogens is 1. The molecule has 82 valence electrons. The lowest BCUT2D eigenvalue weighted by atomic mass is 10.1. The van der Waals surface area contributed by atoms with Gasteiger partial charge in [-0.3, -0.25) is 9.78 Å². The molecule has 0 atom stereocenters. The molecule has 0 spiro atoms. The van der Waals surface area contributed by atoms with Crippen molar-refractivity contribution < 1.29 is 4.79 Å². The molecule has 16 heavy (non-hydrogen) atoms. The van der Waals surface area contributed by atoms with E-state index in [0.29, 0.717) is 17.0 Å². The molecule has 0 aliphatic carbocycles. The van der Waals surface area contributed by atoms with Gasteiger partial charge in [0.05, 0.1) is 10.5 Å². The Morgan fingerprint density at radius 2 is 2.31 bits per heavy atom. The largest absolute Gasteiger partial charge is 0.294 e. The summed E-state index contributed by atoms with van der Waals surface area (Å²) in [7, 11) is 0. The quantitative estimate of drug-likeness (QED) is 0.781. The number of carbonyl (C=O) groups excluding carboxylic acids is 1. The maximum atomic E-state index is 11.9. The van der Waals surface area contributed by atoms with Gasteiger partial charge in [0.2, 0.25) is 0 Å². The van der Waals surface area contributed by atoms with Gasteiger partial charge in [-0.1, -0.05) is 17.7 Å². The zero-order valence-corrected chi connectivity index (χ0v) is 10.3. The Labute approximate surface area is 103 Å². The van der Waals surface area contributed by atoms with Gasteiger partial charge in [-0.15, -0.1) is 11.3 Å². The Kier molecular flexibility index (Phi) is 3.36. The predicted octanol–water partition coefficient (Wildman–Crippen LogP) is 3.53. The predicted molar refractivity (Wildman–Crippen MR) is 66.3 cm³/mol. The Balaban J connectivity index is 2.21. The standard InChI is InChI=1S/C12H10ClNOS/c1-8-2-3-10(11(13)4-8)12(15)5-9-6-14-7-16-9/h2-4,6-7H,5H2,1H3. The van der Waals surface area contributed by atoms with Gasteiger partial charge in [0.25, 0.3) is 0 Å². The van der Waals surface area contributed by atoms with Gasteiger partial charge in [0.1, 0.15) is 0 Å². The monoisotopic (exact) mass is 251 g/mol. The van der Waals surface area contributed by atoms with E-state index in [0.717, 1.165) is 10.4 Å². The second-order valence-corrected chi connectivity index (χ2v) is 4.93. The van der Waals surface area contributed by atoms with Crippen LogP contribution >= 0.6 is 22.9 Å². The smallest absolute Gasteiger partial charge is 0.169 e. The molecular formula is C12H10ClNOS. The molecule has 1 aromatic heterocycles. The number of carbonyl (C=O) groups is 1. The molecule has 4 heteroatoms. The number of thiazole rings is 1. The lowest BCUT2D eigenvalue weighted by Gasteiger charge is -2.03. The molecule has 1 aromatic carbocycles. The SMILES string of the molecule is Cc1ccc(C(=O)Cc2cncs2)c(Cl)c1. The zero-order valence-electron chi connectivity index (χ0n) is 8.74. The average Bonchev–Trinajstić information content (AvgIpc) is 2.70. The Morgan fingerprint density at radius 1 is 1.50 bits per heavy atom.